The molecule has 0 heterocycles. The molecule has 2 aromatic rings. The Kier molecular flexibility index (Phi) is 4.91. The van der Waals surface area contributed by atoms with Gasteiger partial charge in [0.05, 0.1) is 6.04 Å². The minimum atomic E-state index is -0.159. The summed E-state index contributed by atoms with van der Waals surface area (Å²) >= 11 is 9.33. The highest BCUT2D eigenvalue weighted by Gasteiger charge is 2.15. The molecular formula is C16H16BrClN2O. The molecule has 0 saturated heterocycles. The van der Waals surface area contributed by atoms with E-state index in [0.717, 1.165) is 15.6 Å². The zero-order valence-corrected chi connectivity index (χ0v) is 14.1. The SMILES string of the molecule is Cc1c(N)cc(Br)cc1C(=O)NC(C)c1cccc(Cl)c1. The van der Waals surface area contributed by atoms with Crippen LogP contribution in [0.5, 0.6) is 0 Å². The monoisotopic (exact) mass is 366 g/mol. The second-order valence-electron chi connectivity index (χ2n) is 4.92. The number of hydrogen-bond acceptors (Lipinski definition) is 2. The Morgan fingerprint density at radius 3 is 2.71 bits per heavy atom. The molecule has 0 spiro atoms. The van der Waals surface area contributed by atoms with E-state index in [9.17, 15) is 4.79 Å². The maximum atomic E-state index is 12.4. The number of benzene rings is 2. The van der Waals surface area contributed by atoms with Crippen LogP contribution in [0.1, 0.15) is 34.5 Å². The van der Waals surface area contributed by atoms with Crippen LogP contribution >= 0.6 is 27.5 Å². The van der Waals surface area contributed by atoms with Crippen LogP contribution in [0.2, 0.25) is 5.02 Å². The van der Waals surface area contributed by atoms with Crippen molar-refractivity contribution in [1.82, 2.24) is 5.32 Å². The third kappa shape index (κ3) is 3.77. The summed E-state index contributed by atoms with van der Waals surface area (Å²) in [6, 6.07) is 10.9. The minimum Gasteiger partial charge on any atom is -0.398 e. The van der Waals surface area contributed by atoms with Crippen LogP contribution in [0, 0.1) is 6.92 Å². The molecule has 1 unspecified atom stereocenters. The first kappa shape index (κ1) is 15.9. The third-order valence-corrected chi connectivity index (χ3v) is 4.05. The van der Waals surface area contributed by atoms with Crippen molar-refractivity contribution in [2.24, 2.45) is 0 Å². The smallest absolute Gasteiger partial charge is 0.252 e. The van der Waals surface area contributed by atoms with E-state index in [4.69, 9.17) is 17.3 Å². The number of rotatable bonds is 3. The van der Waals surface area contributed by atoms with Crippen molar-refractivity contribution >= 4 is 39.1 Å². The highest BCUT2D eigenvalue weighted by molar-refractivity contribution is 9.10. The highest BCUT2D eigenvalue weighted by Crippen LogP contribution is 2.24. The first-order chi connectivity index (χ1) is 9.88. The van der Waals surface area contributed by atoms with Gasteiger partial charge in [0.15, 0.2) is 0 Å². The minimum absolute atomic E-state index is 0.143. The maximum Gasteiger partial charge on any atom is 0.252 e. The van der Waals surface area contributed by atoms with Gasteiger partial charge in [0.2, 0.25) is 0 Å². The van der Waals surface area contributed by atoms with Crippen molar-refractivity contribution in [2.45, 2.75) is 19.9 Å². The molecule has 3 N–H and O–H groups in total. The Morgan fingerprint density at radius 2 is 2.05 bits per heavy atom. The molecule has 0 fully saturated rings. The van der Waals surface area contributed by atoms with Crippen molar-refractivity contribution in [3.8, 4) is 0 Å². The molecular weight excluding hydrogens is 352 g/mol. The van der Waals surface area contributed by atoms with Crippen molar-refractivity contribution in [3.63, 3.8) is 0 Å². The Labute approximate surface area is 137 Å². The summed E-state index contributed by atoms with van der Waals surface area (Å²) in [5.74, 6) is -0.159. The van der Waals surface area contributed by atoms with Gasteiger partial charge >= 0.3 is 0 Å². The van der Waals surface area contributed by atoms with E-state index < -0.39 is 0 Å². The van der Waals surface area contributed by atoms with E-state index in [-0.39, 0.29) is 11.9 Å². The first-order valence-corrected chi connectivity index (χ1v) is 7.67. The largest absolute Gasteiger partial charge is 0.398 e. The van der Waals surface area contributed by atoms with Crippen LogP contribution in [0.25, 0.3) is 0 Å². The quantitative estimate of drug-likeness (QED) is 0.786. The van der Waals surface area contributed by atoms with E-state index in [0.29, 0.717) is 16.3 Å². The fourth-order valence-corrected chi connectivity index (χ4v) is 2.74. The second-order valence-corrected chi connectivity index (χ2v) is 6.27. The maximum absolute atomic E-state index is 12.4. The molecule has 0 aliphatic carbocycles. The Hall–Kier alpha value is -1.52. The average molecular weight is 368 g/mol. The molecule has 0 aliphatic rings. The predicted octanol–water partition coefficient (Wildman–Crippen LogP) is 4.48. The second kappa shape index (κ2) is 6.50. The summed E-state index contributed by atoms with van der Waals surface area (Å²) in [4.78, 5) is 12.4. The van der Waals surface area contributed by atoms with Gasteiger partial charge in [0.25, 0.3) is 5.91 Å². The van der Waals surface area contributed by atoms with Gasteiger partial charge in [0, 0.05) is 20.7 Å². The van der Waals surface area contributed by atoms with E-state index in [1.807, 2.05) is 32.0 Å². The van der Waals surface area contributed by atoms with Gasteiger partial charge < -0.3 is 11.1 Å². The summed E-state index contributed by atoms with van der Waals surface area (Å²) in [6.45, 7) is 3.75. The van der Waals surface area contributed by atoms with Crippen LogP contribution in [0.15, 0.2) is 40.9 Å². The summed E-state index contributed by atoms with van der Waals surface area (Å²) in [5, 5.41) is 3.61. The summed E-state index contributed by atoms with van der Waals surface area (Å²) < 4.78 is 0.783. The molecule has 0 aliphatic heterocycles. The highest BCUT2D eigenvalue weighted by atomic mass is 79.9. The van der Waals surface area contributed by atoms with Crippen LogP contribution in [0.4, 0.5) is 5.69 Å². The number of carbonyl (C=O) groups is 1. The number of amides is 1. The molecule has 5 heteroatoms. The Morgan fingerprint density at radius 1 is 1.33 bits per heavy atom. The third-order valence-electron chi connectivity index (χ3n) is 3.35. The fourth-order valence-electron chi connectivity index (χ4n) is 2.07. The number of hydrogen-bond donors (Lipinski definition) is 2. The summed E-state index contributed by atoms with van der Waals surface area (Å²) in [7, 11) is 0. The predicted molar refractivity (Wildman–Crippen MR) is 90.6 cm³/mol. The molecule has 2 rings (SSSR count). The van der Waals surface area contributed by atoms with Gasteiger partial charge in [-0.2, -0.15) is 0 Å². The van der Waals surface area contributed by atoms with Gasteiger partial charge in [-0.05, 0) is 49.2 Å². The average Bonchev–Trinajstić information content (AvgIpc) is 2.42. The van der Waals surface area contributed by atoms with Gasteiger partial charge in [-0.15, -0.1) is 0 Å². The topological polar surface area (TPSA) is 55.1 Å². The Bertz CT molecular complexity index is 688. The van der Waals surface area contributed by atoms with Crippen LogP contribution in [-0.2, 0) is 0 Å². The number of nitrogens with two attached hydrogens (primary N) is 1. The summed E-state index contributed by atoms with van der Waals surface area (Å²) in [6.07, 6.45) is 0. The molecule has 110 valence electrons. The standard InChI is InChI=1S/C16H16BrClN2O/c1-9-14(7-12(17)8-15(9)19)16(21)20-10(2)11-4-3-5-13(18)6-11/h3-8,10H,19H2,1-2H3,(H,20,21). The van der Waals surface area contributed by atoms with Crippen molar-refractivity contribution < 1.29 is 4.79 Å². The lowest BCUT2D eigenvalue weighted by atomic mass is 10.0. The van der Waals surface area contributed by atoms with Crippen molar-refractivity contribution in [2.75, 3.05) is 5.73 Å². The number of anilines is 1. The van der Waals surface area contributed by atoms with Gasteiger partial charge in [0.1, 0.15) is 0 Å². The molecule has 0 saturated carbocycles. The first-order valence-electron chi connectivity index (χ1n) is 6.50. The van der Waals surface area contributed by atoms with Gasteiger partial charge in [-0.3, -0.25) is 4.79 Å². The Balaban J connectivity index is 2.22. The normalized spacial score (nSPS) is 12.0. The van der Waals surface area contributed by atoms with Crippen LogP contribution in [-0.4, -0.2) is 5.91 Å². The number of nitrogens with one attached hydrogen (secondary N) is 1. The van der Waals surface area contributed by atoms with E-state index in [2.05, 4.69) is 21.2 Å². The lowest BCUT2D eigenvalue weighted by molar-refractivity contribution is 0.0939. The lowest BCUT2D eigenvalue weighted by Crippen LogP contribution is -2.27. The molecule has 2 aromatic carbocycles. The molecule has 0 radical (unpaired) electrons. The van der Waals surface area contributed by atoms with E-state index in [1.54, 1.807) is 18.2 Å². The molecule has 1 atom stereocenters. The van der Waals surface area contributed by atoms with Crippen molar-refractivity contribution in [3.05, 3.63) is 62.6 Å². The number of carbonyl (C=O) groups excluding carboxylic acids is 1. The van der Waals surface area contributed by atoms with E-state index >= 15 is 0 Å². The van der Waals surface area contributed by atoms with Crippen LogP contribution < -0.4 is 11.1 Å². The fraction of sp³-hybridized carbons (Fsp3) is 0.188. The number of nitrogen functional groups attached to an aromatic ring is 1. The molecule has 0 bridgehead atoms. The molecule has 21 heavy (non-hydrogen) atoms. The molecule has 0 aromatic heterocycles. The molecule has 1 amide bonds. The van der Waals surface area contributed by atoms with Crippen molar-refractivity contribution in [1.29, 1.82) is 0 Å². The lowest BCUT2D eigenvalue weighted by Gasteiger charge is -2.16. The molecule has 3 nitrogen and oxygen atoms in total. The van der Waals surface area contributed by atoms with E-state index in [1.165, 1.54) is 0 Å². The summed E-state index contributed by atoms with van der Waals surface area (Å²) in [5.41, 5.74) is 8.77. The zero-order valence-electron chi connectivity index (χ0n) is 11.8. The number of halogens is 2. The van der Waals surface area contributed by atoms with Crippen LogP contribution in [0.3, 0.4) is 0 Å². The van der Waals surface area contributed by atoms with Gasteiger partial charge in [-0.25, -0.2) is 0 Å². The van der Waals surface area contributed by atoms with Gasteiger partial charge in [-0.1, -0.05) is 39.7 Å². The zero-order chi connectivity index (χ0) is 15.6.